The predicted octanol–water partition coefficient (Wildman–Crippen LogP) is 3.52. The van der Waals surface area contributed by atoms with Gasteiger partial charge in [-0.05, 0) is 42.3 Å². The van der Waals surface area contributed by atoms with Crippen LogP contribution in [0.15, 0.2) is 42.5 Å². The second-order valence-corrected chi connectivity index (χ2v) is 4.48. The summed E-state index contributed by atoms with van der Waals surface area (Å²) >= 11 is 0. The van der Waals surface area contributed by atoms with Crippen molar-refractivity contribution in [3.63, 3.8) is 0 Å². The number of phenolic OH excluding ortho intramolecular Hbond substituents is 1. The van der Waals surface area contributed by atoms with Gasteiger partial charge in [0, 0.05) is 18.7 Å². The lowest BCUT2D eigenvalue weighted by Crippen LogP contribution is -2.18. The van der Waals surface area contributed by atoms with Gasteiger partial charge in [-0.2, -0.15) is 0 Å². The van der Waals surface area contributed by atoms with E-state index in [-0.39, 0.29) is 11.8 Å². The van der Waals surface area contributed by atoms with Gasteiger partial charge in [0.15, 0.2) is 0 Å². The van der Waals surface area contributed by atoms with E-state index in [0.29, 0.717) is 12.1 Å². The summed E-state index contributed by atoms with van der Waals surface area (Å²) in [6.07, 6.45) is 0. The highest BCUT2D eigenvalue weighted by Crippen LogP contribution is 2.18. The number of hydrogen-bond donors (Lipinski definition) is 2. The lowest BCUT2D eigenvalue weighted by atomic mass is 10.1. The maximum Gasteiger partial charge on any atom is 0.126 e. The fourth-order valence-corrected chi connectivity index (χ4v) is 1.90. The van der Waals surface area contributed by atoms with Gasteiger partial charge in [-0.1, -0.05) is 12.1 Å². The summed E-state index contributed by atoms with van der Waals surface area (Å²) < 4.78 is 26.1. The number of rotatable bonds is 4. The van der Waals surface area contributed by atoms with Crippen LogP contribution in [0.1, 0.15) is 24.1 Å². The highest BCUT2D eigenvalue weighted by molar-refractivity contribution is 5.29. The number of aromatic hydroxyl groups is 1. The molecule has 1 atom stereocenters. The first kappa shape index (κ1) is 13.5. The molecule has 0 bridgehead atoms. The van der Waals surface area contributed by atoms with E-state index in [4.69, 9.17) is 0 Å². The van der Waals surface area contributed by atoms with Gasteiger partial charge in [-0.25, -0.2) is 8.78 Å². The van der Waals surface area contributed by atoms with Crippen molar-refractivity contribution >= 4 is 0 Å². The molecule has 2 nitrogen and oxygen atoms in total. The molecule has 0 fully saturated rings. The van der Waals surface area contributed by atoms with Gasteiger partial charge in [0.05, 0.1) is 0 Å². The lowest BCUT2D eigenvalue weighted by Gasteiger charge is -2.14. The number of phenols is 1. The van der Waals surface area contributed by atoms with Crippen molar-refractivity contribution in [3.05, 3.63) is 65.2 Å². The molecule has 19 heavy (non-hydrogen) atoms. The van der Waals surface area contributed by atoms with Crippen LogP contribution in [0, 0.1) is 11.6 Å². The quantitative estimate of drug-likeness (QED) is 0.884. The second-order valence-electron chi connectivity index (χ2n) is 4.48. The van der Waals surface area contributed by atoms with Gasteiger partial charge in [-0.3, -0.25) is 0 Å². The Bertz CT molecular complexity index is 552. The van der Waals surface area contributed by atoms with E-state index in [1.807, 2.05) is 13.0 Å². The summed E-state index contributed by atoms with van der Waals surface area (Å²) in [5.74, 6) is -0.966. The van der Waals surface area contributed by atoms with Gasteiger partial charge in [0.25, 0.3) is 0 Å². The lowest BCUT2D eigenvalue weighted by molar-refractivity contribution is 0.472. The molecule has 2 aromatic carbocycles. The van der Waals surface area contributed by atoms with E-state index in [1.165, 1.54) is 12.1 Å². The number of halogens is 2. The standard InChI is InChI=1S/C15H15F2NO/c1-10(12-3-2-4-15(19)7-12)18-9-11-5-13(16)8-14(17)6-11/h2-8,10,18-19H,9H2,1H3/t10-/m0/s1. The number of nitrogens with one attached hydrogen (secondary N) is 1. The molecule has 0 spiro atoms. The Hall–Kier alpha value is -1.94. The van der Waals surface area contributed by atoms with Crippen LogP contribution in [0.3, 0.4) is 0 Å². The van der Waals surface area contributed by atoms with E-state index in [2.05, 4.69) is 5.32 Å². The van der Waals surface area contributed by atoms with E-state index in [0.717, 1.165) is 11.6 Å². The fraction of sp³-hybridized carbons (Fsp3) is 0.200. The van der Waals surface area contributed by atoms with Crippen LogP contribution in [0.5, 0.6) is 5.75 Å². The van der Waals surface area contributed by atoms with Crippen molar-refractivity contribution in [1.82, 2.24) is 5.32 Å². The minimum atomic E-state index is -0.582. The molecule has 2 rings (SSSR count). The molecular formula is C15H15F2NO. The minimum absolute atomic E-state index is 0.0292. The maximum atomic E-state index is 13.0. The summed E-state index contributed by atoms with van der Waals surface area (Å²) in [5.41, 5.74) is 1.46. The predicted molar refractivity (Wildman–Crippen MR) is 69.7 cm³/mol. The molecule has 0 aliphatic carbocycles. The molecule has 100 valence electrons. The Balaban J connectivity index is 2.02. The molecule has 0 saturated heterocycles. The monoisotopic (exact) mass is 263 g/mol. The molecule has 0 aliphatic rings. The van der Waals surface area contributed by atoms with Crippen LogP contribution in [0.25, 0.3) is 0 Å². The average Bonchev–Trinajstić information content (AvgIpc) is 2.35. The average molecular weight is 263 g/mol. The van der Waals surface area contributed by atoms with Crippen molar-refractivity contribution < 1.29 is 13.9 Å². The van der Waals surface area contributed by atoms with Crippen molar-refractivity contribution in [2.24, 2.45) is 0 Å². The Morgan fingerprint density at radius 2 is 1.79 bits per heavy atom. The molecule has 0 amide bonds. The van der Waals surface area contributed by atoms with Crippen molar-refractivity contribution in [1.29, 1.82) is 0 Å². The molecule has 2 aromatic rings. The summed E-state index contributed by atoms with van der Waals surface area (Å²) in [6, 6.07) is 10.3. The third-order valence-electron chi connectivity index (χ3n) is 2.90. The number of benzene rings is 2. The van der Waals surface area contributed by atoms with Crippen molar-refractivity contribution in [3.8, 4) is 5.75 Å². The van der Waals surface area contributed by atoms with Crippen molar-refractivity contribution in [2.75, 3.05) is 0 Å². The van der Waals surface area contributed by atoms with E-state index in [9.17, 15) is 13.9 Å². The molecule has 4 heteroatoms. The SMILES string of the molecule is C[C@H](NCc1cc(F)cc(F)c1)c1cccc(O)c1. The topological polar surface area (TPSA) is 32.3 Å². The Kier molecular flexibility index (Phi) is 4.12. The number of hydrogen-bond acceptors (Lipinski definition) is 2. The van der Waals surface area contributed by atoms with Crippen LogP contribution < -0.4 is 5.32 Å². The smallest absolute Gasteiger partial charge is 0.126 e. The zero-order valence-electron chi connectivity index (χ0n) is 10.5. The Morgan fingerprint density at radius 1 is 1.11 bits per heavy atom. The Labute approximate surface area is 110 Å². The van der Waals surface area contributed by atoms with E-state index >= 15 is 0 Å². The van der Waals surface area contributed by atoms with Crippen LogP contribution in [0.2, 0.25) is 0 Å². The molecule has 0 aliphatic heterocycles. The highest BCUT2D eigenvalue weighted by atomic mass is 19.1. The van der Waals surface area contributed by atoms with E-state index < -0.39 is 11.6 Å². The highest BCUT2D eigenvalue weighted by Gasteiger charge is 2.06. The van der Waals surface area contributed by atoms with Gasteiger partial charge in [-0.15, -0.1) is 0 Å². The van der Waals surface area contributed by atoms with E-state index in [1.54, 1.807) is 18.2 Å². The van der Waals surface area contributed by atoms with Crippen LogP contribution in [-0.2, 0) is 6.54 Å². The van der Waals surface area contributed by atoms with Gasteiger partial charge < -0.3 is 10.4 Å². The molecule has 0 heterocycles. The third-order valence-corrected chi connectivity index (χ3v) is 2.90. The van der Waals surface area contributed by atoms with Gasteiger partial charge in [0.1, 0.15) is 17.4 Å². The normalized spacial score (nSPS) is 12.4. The maximum absolute atomic E-state index is 13.0. The zero-order valence-corrected chi connectivity index (χ0v) is 10.5. The molecule has 0 unspecified atom stereocenters. The third kappa shape index (κ3) is 3.76. The van der Waals surface area contributed by atoms with Crippen molar-refractivity contribution in [2.45, 2.75) is 19.5 Å². The fourth-order valence-electron chi connectivity index (χ4n) is 1.90. The summed E-state index contributed by atoms with van der Waals surface area (Å²) in [7, 11) is 0. The molecule has 2 N–H and O–H groups in total. The summed E-state index contributed by atoms with van der Waals surface area (Å²) in [5, 5.41) is 12.5. The molecule has 0 saturated carbocycles. The van der Waals surface area contributed by atoms with Crippen LogP contribution >= 0.6 is 0 Å². The zero-order chi connectivity index (χ0) is 13.8. The first-order valence-electron chi connectivity index (χ1n) is 6.02. The molecule has 0 radical (unpaired) electrons. The summed E-state index contributed by atoms with van der Waals surface area (Å²) in [6.45, 7) is 2.27. The largest absolute Gasteiger partial charge is 0.508 e. The van der Waals surface area contributed by atoms with Gasteiger partial charge >= 0.3 is 0 Å². The Morgan fingerprint density at radius 3 is 2.42 bits per heavy atom. The molecular weight excluding hydrogens is 248 g/mol. The minimum Gasteiger partial charge on any atom is -0.508 e. The first-order chi connectivity index (χ1) is 9.04. The first-order valence-corrected chi connectivity index (χ1v) is 6.02. The second kappa shape index (κ2) is 5.80. The van der Waals surface area contributed by atoms with Gasteiger partial charge in [0.2, 0.25) is 0 Å². The van der Waals surface area contributed by atoms with Crippen LogP contribution in [0.4, 0.5) is 8.78 Å². The summed E-state index contributed by atoms with van der Waals surface area (Å²) in [4.78, 5) is 0. The van der Waals surface area contributed by atoms with Crippen LogP contribution in [-0.4, -0.2) is 5.11 Å². The molecule has 0 aromatic heterocycles.